The Hall–Kier alpha value is -6.22. The van der Waals surface area contributed by atoms with Gasteiger partial charge in [-0.05, 0) is 59.3 Å². The molecule has 0 saturated heterocycles. The van der Waals surface area contributed by atoms with Crippen molar-refractivity contribution in [3.05, 3.63) is 142 Å². The lowest BCUT2D eigenvalue weighted by molar-refractivity contribution is 0.101. The zero-order chi connectivity index (χ0) is 42.0. The van der Waals surface area contributed by atoms with Gasteiger partial charge in [-0.2, -0.15) is 0 Å². The number of carbonyl (C=O) groups is 2. The summed E-state index contributed by atoms with van der Waals surface area (Å²) in [4.78, 5) is 44.5. The predicted octanol–water partition coefficient (Wildman–Crippen LogP) is 12.5. The van der Waals surface area contributed by atoms with E-state index in [2.05, 4.69) is 9.97 Å². The number of hydrogen-bond donors (Lipinski definition) is 0. The third-order valence-electron chi connectivity index (χ3n) is 9.42. The lowest BCUT2D eigenvalue weighted by atomic mass is 10.0. The zero-order valence-electron chi connectivity index (χ0n) is 28.8. The van der Waals surface area contributed by atoms with Crippen molar-refractivity contribution in [2.75, 3.05) is 0 Å². The largest absolute Gasteiger partial charge is 0.287 e. The highest BCUT2D eigenvalue weighted by Gasteiger charge is 2.32. The molecule has 6 nitrogen and oxygen atoms in total. The van der Waals surface area contributed by atoms with E-state index in [0.717, 1.165) is 20.2 Å². The first kappa shape index (κ1) is 38.0. The van der Waals surface area contributed by atoms with E-state index in [1.807, 2.05) is 24.3 Å². The maximum Gasteiger partial charge on any atom is 0.217 e. The summed E-state index contributed by atoms with van der Waals surface area (Å²) in [6.45, 7) is 0. The maximum atomic E-state index is 14.4. The normalized spacial score (nSPS) is 12.0. The fourth-order valence-electron chi connectivity index (χ4n) is 6.50. The Kier molecular flexibility index (Phi) is 8.65. The molecule has 0 unspecified atom stereocenters. The van der Waals surface area contributed by atoms with Crippen LogP contribution >= 0.6 is 45.3 Å². The Morgan fingerprint density at radius 3 is 1.10 bits per heavy atom. The van der Waals surface area contributed by atoms with Crippen LogP contribution in [0.1, 0.15) is 32.1 Å². The van der Waals surface area contributed by atoms with Crippen molar-refractivity contribution < 1.29 is 53.5 Å². The van der Waals surface area contributed by atoms with Crippen molar-refractivity contribution in [1.82, 2.24) is 19.9 Å². The van der Waals surface area contributed by atoms with E-state index >= 15 is 0 Å². The number of fused-ring (bicyclic) bond motifs is 5. The fourth-order valence-corrected chi connectivity index (χ4v) is 10.7. The molecule has 0 fully saturated rings. The van der Waals surface area contributed by atoms with Crippen LogP contribution in [0.3, 0.4) is 0 Å². The average molecular weight is 897 g/mol. The first-order chi connectivity index (χ1) is 28.7. The van der Waals surface area contributed by atoms with Crippen molar-refractivity contribution in [2.24, 2.45) is 0 Å². The Balaban J connectivity index is 0.943. The number of hydrogen-bond acceptors (Lipinski definition) is 10. The third kappa shape index (κ3) is 5.80. The molecule has 0 aliphatic rings. The van der Waals surface area contributed by atoms with E-state index in [1.54, 1.807) is 12.1 Å². The molecule has 0 N–H and O–H groups in total. The summed E-state index contributed by atoms with van der Waals surface area (Å²) in [5.74, 6) is -25.7. The highest BCUT2D eigenvalue weighted by molar-refractivity contribution is 7.28. The molecule has 60 heavy (non-hydrogen) atoms. The average Bonchev–Trinajstić information content (AvgIpc) is 4.05. The van der Waals surface area contributed by atoms with E-state index in [4.69, 9.17) is 9.97 Å². The quantitative estimate of drug-likeness (QED) is 0.0715. The summed E-state index contributed by atoms with van der Waals surface area (Å²) in [6.07, 6.45) is 2.51. The van der Waals surface area contributed by atoms with Gasteiger partial charge in [0, 0.05) is 32.6 Å². The minimum absolute atomic E-state index is 0.451. The van der Waals surface area contributed by atoms with Crippen molar-refractivity contribution >= 4 is 108 Å². The van der Waals surface area contributed by atoms with Crippen molar-refractivity contribution in [2.45, 2.75) is 0 Å². The molecule has 6 heterocycles. The topological polar surface area (TPSA) is 85.7 Å². The summed E-state index contributed by atoms with van der Waals surface area (Å²) in [5.41, 5.74) is -2.92. The molecule has 0 saturated carbocycles. The van der Waals surface area contributed by atoms with Gasteiger partial charge in [-0.15, -0.1) is 45.3 Å². The van der Waals surface area contributed by atoms with Gasteiger partial charge in [-0.1, -0.05) is 0 Å². The van der Waals surface area contributed by atoms with Gasteiger partial charge in [0.15, 0.2) is 46.5 Å². The van der Waals surface area contributed by atoms with Gasteiger partial charge in [0.05, 0.1) is 30.2 Å². The van der Waals surface area contributed by atoms with E-state index in [-0.39, 0.29) is 0 Å². The van der Waals surface area contributed by atoms with Crippen molar-refractivity contribution in [1.29, 1.82) is 0 Å². The molecule has 10 rings (SSSR count). The van der Waals surface area contributed by atoms with Crippen LogP contribution in [-0.2, 0) is 0 Å². The predicted molar refractivity (Wildman–Crippen MR) is 207 cm³/mol. The maximum absolute atomic E-state index is 14.4. The molecule has 6 aromatic heterocycles. The number of nitrogens with zero attached hydrogens (tertiary/aromatic N) is 4. The monoisotopic (exact) mass is 896 g/mol. The highest BCUT2D eigenvalue weighted by atomic mass is 32.1. The van der Waals surface area contributed by atoms with Crippen LogP contribution in [0.2, 0.25) is 0 Å². The molecule has 0 bridgehead atoms. The van der Waals surface area contributed by atoms with Crippen molar-refractivity contribution in [3.8, 4) is 19.8 Å². The van der Waals surface area contributed by atoms with Crippen LogP contribution in [-0.4, -0.2) is 31.5 Å². The minimum atomic E-state index is -2.38. The Labute approximate surface area is 341 Å². The smallest absolute Gasteiger partial charge is 0.217 e. The first-order valence-electron chi connectivity index (χ1n) is 16.7. The molecule has 296 valence electrons. The molecule has 0 radical (unpaired) electrons. The zero-order valence-corrected chi connectivity index (χ0v) is 32.1. The molecule has 10 aromatic rings. The van der Waals surface area contributed by atoms with Crippen LogP contribution in [0.5, 0.6) is 0 Å². The van der Waals surface area contributed by atoms with E-state index < -0.39 is 92.3 Å². The molecule has 0 atom stereocenters. The van der Waals surface area contributed by atoms with Gasteiger partial charge in [0.2, 0.25) is 23.2 Å². The SMILES string of the molecule is O=C(c1cc2sc(-c3nc4cc5cc6sc(-c7cc8cnc(C(=O)c9c(F)c(F)c(F)c(F)c9F)cc8s7)nc6cc5cc4s3)cc2cn1)c1c(F)c(F)c(F)c(F)c1F. The number of carbonyl (C=O) groups excluding carboxylic acids is 2. The summed E-state index contributed by atoms with van der Waals surface area (Å²) in [7, 11) is 0. The molecular weight excluding hydrogens is 887 g/mol. The van der Waals surface area contributed by atoms with Crippen LogP contribution in [0, 0.1) is 58.2 Å². The second kappa shape index (κ2) is 13.7. The van der Waals surface area contributed by atoms with Gasteiger partial charge in [-0.25, -0.2) is 53.9 Å². The molecular formula is C40H10F10N4O2S4. The van der Waals surface area contributed by atoms with Gasteiger partial charge in [-0.3, -0.25) is 19.6 Å². The number of benzene rings is 4. The lowest BCUT2D eigenvalue weighted by Crippen LogP contribution is -2.14. The summed E-state index contributed by atoms with van der Waals surface area (Å²) >= 11 is 5.10. The number of halogens is 10. The number of aromatic nitrogens is 4. The fraction of sp³-hybridized carbons (Fsp3) is 0. The number of thiophene rings is 2. The van der Waals surface area contributed by atoms with E-state index in [0.29, 0.717) is 51.0 Å². The lowest BCUT2D eigenvalue weighted by Gasteiger charge is -2.07. The summed E-state index contributed by atoms with van der Waals surface area (Å²) in [5, 5.41) is 3.99. The number of rotatable bonds is 6. The van der Waals surface area contributed by atoms with Crippen LogP contribution in [0.15, 0.2) is 60.9 Å². The standard InChI is InChI=1S/C40H10F10N4O2S4/c41-27-25(28(42)32(46)35(49)31(27)45)37(55)17-7-19-13(9-51-17)5-23(57-19)39-53-15-1-11-3-22-16(2-12(11)4-21(15)59-39)54-40(60-22)24-6-14-10-52-18(8-20(14)58-24)38(56)26-29(43)33(47)36(50)34(48)30(26)44/h1-10H. The Morgan fingerprint density at radius 2 is 0.733 bits per heavy atom. The third-order valence-corrected chi connectivity index (χ3v) is 14.0. The van der Waals surface area contributed by atoms with Crippen LogP contribution < -0.4 is 0 Å². The van der Waals surface area contributed by atoms with Gasteiger partial charge in [0.1, 0.15) is 32.5 Å². The summed E-state index contributed by atoms with van der Waals surface area (Å²) < 4.78 is 142. The molecule has 0 aliphatic carbocycles. The molecule has 20 heteroatoms. The molecule has 0 amide bonds. The second-order valence-electron chi connectivity index (χ2n) is 13.0. The Bertz CT molecular complexity index is 3220. The van der Waals surface area contributed by atoms with Crippen molar-refractivity contribution in [3.63, 3.8) is 0 Å². The Morgan fingerprint density at radius 1 is 0.383 bits per heavy atom. The van der Waals surface area contributed by atoms with Gasteiger partial charge >= 0.3 is 0 Å². The summed E-state index contributed by atoms with van der Waals surface area (Å²) in [6, 6.07) is 13.6. The molecule has 4 aromatic carbocycles. The van der Waals surface area contributed by atoms with Crippen LogP contribution in [0.4, 0.5) is 43.9 Å². The second-order valence-corrected chi connectivity index (χ2v) is 17.2. The number of pyridine rings is 2. The minimum Gasteiger partial charge on any atom is -0.287 e. The highest BCUT2D eigenvalue weighted by Crippen LogP contribution is 2.42. The van der Waals surface area contributed by atoms with E-state index in [9.17, 15) is 53.5 Å². The van der Waals surface area contributed by atoms with Gasteiger partial charge in [0.25, 0.3) is 0 Å². The van der Waals surface area contributed by atoms with Crippen LogP contribution in [0.25, 0.3) is 71.1 Å². The molecule has 0 aliphatic heterocycles. The van der Waals surface area contributed by atoms with E-state index in [1.165, 1.54) is 69.9 Å². The molecule has 0 spiro atoms. The first-order valence-corrected chi connectivity index (χ1v) is 20.0. The number of ketones is 2. The van der Waals surface area contributed by atoms with Gasteiger partial charge < -0.3 is 0 Å². The number of thiazole rings is 2.